The molecular formula is C13H19N3O. The molecule has 4 heteroatoms. The zero-order valence-electron chi connectivity index (χ0n) is 10.2. The number of fused-ring (bicyclic) bond motifs is 1. The van der Waals surface area contributed by atoms with E-state index < -0.39 is 0 Å². The Bertz CT molecular complexity index is 417. The molecule has 1 amide bonds. The quantitative estimate of drug-likeness (QED) is 0.766. The number of nitrogens with two attached hydrogens (primary N) is 1. The van der Waals surface area contributed by atoms with E-state index in [1.54, 1.807) is 7.05 Å². The molecule has 1 aliphatic rings. The minimum Gasteiger partial charge on any atom is -0.399 e. The first kappa shape index (κ1) is 11.9. The molecule has 92 valence electrons. The Morgan fingerprint density at radius 1 is 1.41 bits per heavy atom. The van der Waals surface area contributed by atoms with Gasteiger partial charge in [0, 0.05) is 32.2 Å². The van der Waals surface area contributed by atoms with Gasteiger partial charge in [-0.3, -0.25) is 9.69 Å². The van der Waals surface area contributed by atoms with Crippen molar-refractivity contribution in [3.63, 3.8) is 0 Å². The Morgan fingerprint density at radius 3 is 2.94 bits per heavy atom. The molecule has 1 heterocycles. The molecule has 1 aromatic rings. The minimum absolute atomic E-state index is 0.117. The summed E-state index contributed by atoms with van der Waals surface area (Å²) in [6.45, 7) is 2.89. The van der Waals surface area contributed by atoms with Crippen LogP contribution in [0.2, 0.25) is 0 Å². The van der Waals surface area contributed by atoms with E-state index in [1.165, 1.54) is 11.1 Å². The summed E-state index contributed by atoms with van der Waals surface area (Å²) in [6, 6.07) is 6.10. The highest BCUT2D eigenvalue weighted by Gasteiger charge is 2.18. The monoisotopic (exact) mass is 233 g/mol. The van der Waals surface area contributed by atoms with Gasteiger partial charge in [0.1, 0.15) is 0 Å². The number of rotatable bonds is 4. The van der Waals surface area contributed by atoms with E-state index in [4.69, 9.17) is 5.73 Å². The lowest BCUT2D eigenvalue weighted by Gasteiger charge is -2.13. The van der Waals surface area contributed by atoms with E-state index in [0.717, 1.165) is 31.7 Å². The van der Waals surface area contributed by atoms with Crippen molar-refractivity contribution < 1.29 is 4.79 Å². The molecule has 4 nitrogen and oxygen atoms in total. The normalized spacial score (nSPS) is 14.6. The van der Waals surface area contributed by atoms with Crippen LogP contribution in [-0.4, -0.2) is 24.4 Å². The van der Waals surface area contributed by atoms with Gasteiger partial charge in [-0.2, -0.15) is 0 Å². The SMILES string of the molecule is CNC(=O)CCCN1Cc2ccc(N)cc2C1. The standard InChI is InChI=1S/C13H19N3O/c1-15-13(17)3-2-6-16-8-10-4-5-12(14)7-11(10)9-16/h4-5,7H,2-3,6,8-9,14H2,1H3,(H,15,17). The number of nitrogens with one attached hydrogen (secondary N) is 1. The maximum atomic E-state index is 11.1. The Balaban J connectivity index is 1.82. The summed E-state index contributed by atoms with van der Waals surface area (Å²) in [4.78, 5) is 13.5. The molecular weight excluding hydrogens is 214 g/mol. The van der Waals surface area contributed by atoms with Crippen molar-refractivity contribution in [1.29, 1.82) is 0 Å². The smallest absolute Gasteiger partial charge is 0.219 e. The van der Waals surface area contributed by atoms with Crippen LogP contribution in [-0.2, 0) is 17.9 Å². The molecule has 3 N–H and O–H groups in total. The van der Waals surface area contributed by atoms with Crippen LogP contribution in [0.3, 0.4) is 0 Å². The Morgan fingerprint density at radius 2 is 2.18 bits per heavy atom. The number of hydrogen-bond donors (Lipinski definition) is 2. The van der Waals surface area contributed by atoms with E-state index in [1.807, 2.05) is 12.1 Å². The summed E-state index contributed by atoms with van der Waals surface area (Å²) < 4.78 is 0. The molecule has 1 aromatic carbocycles. The lowest BCUT2D eigenvalue weighted by atomic mass is 10.1. The molecule has 0 radical (unpaired) electrons. The zero-order chi connectivity index (χ0) is 12.3. The third-order valence-corrected chi connectivity index (χ3v) is 3.18. The summed E-state index contributed by atoms with van der Waals surface area (Å²) in [5.41, 5.74) is 9.28. The van der Waals surface area contributed by atoms with Crippen molar-refractivity contribution in [3.05, 3.63) is 29.3 Å². The molecule has 0 spiro atoms. The number of amides is 1. The van der Waals surface area contributed by atoms with Crippen LogP contribution < -0.4 is 11.1 Å². The second-order valence-corrected chi connectivity index (χ2v) is 4.52. The van der Waals surface area contributed by atoms with E-state index in [0.29, 0.717) is 6.42 Å². The fourth-order valence-corrected chi connectivity index (χ4v) is 2.23. The first-order chi connectivity index (χ1) is 8.19. The molecule has 17 heavy (non-hydrogen) atoms. The molecule has 0 fully saturated rings. The maximum absolute atomic E-state index is 11.1. The Labute approximate surface area is 102 Å². The highest BCUT2D eigenvalue weighted by molar-refractivity contribution is 5.75. The van der Waals surface area contributed by atoms with E-state index in [-0.39, 0.29) is 5.91 Å². The Hall–Kier alpha value is -1.55. The third-order valence-electron chi connectivity index (χ3n) is 3.18. The average Bonchev–Trinajstić information content (AvgIpc) is 2.70. The van der Waals surface area contributed by atoms with E-state index >= 15 is 0 Å². The molecule has 0 aliphatic carbocycles. The predicted octanol–water partition coefficient (Wildman–Crippen LogP) is 1.11. The predicted molar refractivity (Wildman–Crippen MR) is 68.3 cm³/mol. The highest BCUT2D eigenvalue weighted by Crippen LogP contribution is 2.24. The van der Waals surface area contributed by atoms with Crippen LogP contribution in [0.4, 0.5) is 5.69 Å². The largest absolute Gasteiger partial charge is 0.399 e. The van der Waals surface area contributed by atoms with Crippen molar-refractivity contribution in [1.82, 2.24) is 10.2 Å². The van der Waals surface area contributed by atoms with Crippen LogP contribution in [0, 0.1) is 0 Å². The number of nitrogen functional groups attached to an aromatic ring is 1. The summed E-state index contributed by atoms with van der Waals surface area (Å²) in [7, 11) is 1.68. The third kappa shape index (κ3) is 2.97. The number of nitrogens with zero attached hydrogens (tertiary/aromatic N) is 1. The summed E-state index contributed by atoms with van der Waals surface area (Å²) in [5, 5.41) is 2.64. The Kier molecular flexibility index (Phi) is 3.64. The number of carbonyl (C=O) groups excluding carboxylic acids is 1. The van der Waals surface area contributed by atoms with Gasteiger partial charge < -0.3 is 11.1 Å². The van der Waals surface area contributed by atoms with Crippen molar-refractivity contribution in [2.75, 3.05) is 19.3 Å². The van der Waals surface area contributed by atoms with E-state index in [9.17, 15) is 4.79 Å². The van der Waals surface area contributed by atoms with Crippen molar-refractivity contribution in [3.8, 4) is 0 Å². The highest BCUT2D eigenvalue weighted by atomic mass is 16.1. The van der Waals surface area contributed by atoms with Crippen LogP contribution in [0.15, 0.2) is 18.2 Å². The summed E-state index contributed by atoms with van der Waals surface area (Å²) in [5.74, 6) is 0.117. The van der Waals surface area contributed by atoms with Crippen LogP contribution in [0.1, 0.15) is 24.0 Å². The lowest BCUT2D eigenvalue weighted by molar-refractivity contribution is -0.120. The van der Waals surface area contributed by atoms with Gasteiger partial charge in [-0.05, 0) is 36.2 Å². The minimum atomic E-state index is 0.117. The summed E-state index contributed by atoms with van der Waals surface area (Å²) >= 11 is 0. The number of hydrogen-bond acceptors (Lipinski definition) is 3. The number of anilines is 1. The van der Waals surface area contributed by atoms with Crippen LogP contribution >= 0.6 is 0 Å². The van der Waals surface area contributed by atoms with Gasteiger partial charge in [0.2, 0.25) is 5.91 Å². The molecule has 0 saturated carbocycles. The number of carbonyl (C=O) groups is 1. The molecule has 0 aromatic heterocycles. The molecule has 0 unspecified atom stereocenters. The molecule has 0 bridgehead atoms. The lowest BCUT2D eigenvalue weighted by Crippen LogP contribution is -2.22. The van der Waals surface area contributed by atoms with Gasteiger partial charge in [-0.15, -0.1) is 0 Å². The second-order valence-electron chi connectivity index (χ2n) is 4.52. The van der Waals surface area contributed by atoms with E-state index in [2.05, 4.69) is 16.3 Å². The van der Waals surface area contributed by atoms with Crippen molar-refractivity contribution in [2.24, 2.45) is 0 Å². The fraction of sp³-hybridized carbons (Fsp3) is 0.462. The first-order valence-corrected chi connectivity index (χ1v) is 5.99. The summed E-state index contributed by atoms with van der Waals surface area (Å²) in [6.07, 6.45) is 1.51. The molecule has 0 atom stereocenters. The molecule has 0 saturated heterocycles. The second kappa shape index (κ2) is 5.19. The average molecular weight is 233 g/mol. The number of benzene rings is 1. The van der Waals surface area contributed by atoms with Crippen molar-refractivity contribution >= 4 is 11.6 Å². The first-order valence-electron chi connectivity index (χ1n) is 5.99. The van der Waals surface area contributed by atoms with Gasteiger partial charge in [-0.25, -0.2) is 0 Å². The van der Waals surface area contributed by atoms with Crippen LogP contribution in [0.25, 0.3) is 0 Å². The maximum Gasteiger partial charge on any atom is 0.219 e. The van der Waals surface area contributed by atoms with Gasteiger partial charge in [0.15, 0.2) is 0 Å². The molecule has 1 aliphatic heterocycles. The van der Waals surface area contributed by atoms with Gasteiger partial charge >= 0.3 is 0 Å². The van der Waals surface area contributed by atoms with Crippen LogP contribution in [0.5, 0.6) is 0 Å². The van der Waals surface area contributed by atoms with Crippen molar-refractivity contribution in [2.45, 2.75) is 25.9 Å². The fourth-order valence-electron chi connectivity index (χ4n) is 2.23. The van der Waals surface area contributed by atoms with Gasteiger partial charge in [0.25, 0.3) is 0 Å². The van der Waals surface area contributed by atoms with Gasteiger partial charge in [-0.1, -0.05) is 6.07 Å². The molecule has 2 rings (SSSR count). The topological polar surface area (TPSA) is 58.4 Å². The van der Waals surface area contributed by atoms with Gasteiger partial charge in [0.05, 0.1) is 0 Å². The zero-order valence-corrected chi connectivity index (χ0v) is 10.2.